The quantitative estimate of drug-likeness (QED) is 0.796. The number of hydrogen-bond donors (Lipinski definition) is 1. The zero-order valence-electron chi connectivity index (χ0n) is 12.2. The lowest BCUT2D eigenvalue weighted by atomic mass is 9.84. The van der Waals surface area contributed by atoms with Gasteiger partial charge in [-0.05, 0) is 19.3 Å². The number of carbonyl (C=O) groups is 2. The summed E-state index contributed by atoms with van der Waals surface area (Å²) in [6.07, 6.45) is 1.39. The summed E-state index contributed by atoms with van der Waals surface area (Å²) in [5, 5.41) is 9.36. The highest BCUT2D eigenvalue weighted by Crippen LogP contribution is 2.34. The van der Waals surface area contributed by atoms with E-state index < -0.39 is 21.2 Å². The smallest absolute Gasteiger partial charge is 0.320 e. The molecular formula is C13H22N2O5S. The molecule has 0 radical (unpaired) electrons. The van der Waals surface area contributed by atoms with Gasteiger partial charge in [-0.2, -0.15) is 0 Å². The van der Waals surface area contributed by atoms with Crippen LogP contribution in [0, 0.1) is 5.41 Å². The van der Waals surface area contributed by atoms with Crippen LogP contribution in [0.2, 0.25) is 0 Å². The number of likely N-dealkylation sites (tertiary alicyclic amines) is 1. The summed E-state index contributed by atoms with van der Waals surface area (Å²) in [5.41, 5.74) is -0.854. The molecule has 1 unspecified atom stereocenters. The van der Waals surface area contributed by atoms with Crippen LogP contribution in [0.1, 0.15) is 26.2 Å². The van der Waals surface area contributed by atoms with Crippen molar-refractivity contribution in [2.75, 3.05) is 37.7 Å². The van der Waals surface area contributed by atoms with E-state index >= 15 is 0 Å². The minimum atomic E-state index is -3.06. The lowest BCUT2D eigenvalue weighted by Crippen LogP contribution is -2.45. The van der Waals surface area contributed by atoms with E-state index in [0.717, 1.165) is 0 Å². The summed E-state index contributed by atoms with van der Waals surface area (Å²) in [5.74, 6) is -0.756. The van der Waals surface area contributed by atoms with Gasteiger partial charge in [0.25, 0.3) is 0 Å². The molecule has 2 heterocycles. The lowest BCUT2D eigenvalue weighted by Gasteiger charge is -2.28. The summed E-state index contributed by atoms with van der Waals surface area (Å²) in [4.78, 5) is 27.0. The summed E-state index contributed by atoms with van der Waals surface area (Å²) >= 11 is 0. The number of rotatable bonds is 2. The van der Waals surface area contributed by atoms with Gasteiger partial charge in [0.1, 0.15) is 0 Å². The Labute approximate surface area is 124 Å². The van der Waals surface area contributed by atoms with Gasteiger partial charge in [0.05, 0.1) is 16.9 Å². The van der Waals surface area contributed by atoms with Crippen molar-refractivity contribution >= 4 is 21.8 Å². The maximum absolute atomic E-state index is 12.5. The van der Waals surface area contributed by atoms with Gasteiger partial charge >= 0.3 is 12.0 Å². The Balaban J connectivity index is 2.03. The van der Waals surface area contributed by atoms with Gasteiger partial charge < -0.3 is 14.9 Å². The average molecular weight is 318 g/mol. The monoisotopic (exact) mass is 318 g/mol. The number of urea groups is 1. The number of carbonyl (C=O) groups excluding carboxylic acids is 1. The van der Waals surface area contributed by atoms with E-state index in [1.165, 1.54) is 4.90 Å². The van der Waals surface area contributed by atoms with Gasteiger partial charge in [0, 0.05) is 26.2 Å². The van der Waals surface area contributed by atoms with Crippen molar-refractivity contribution in [2.45, 2.75) is 26.2 Å². The second kappa shape index (κ2) is 5.82. The number of amides is 2. The predicted octanol–water partition coefficient (Wildman–Crippen LogP) is 0.414. The first kappa shape index (κ1) is 16.1. The van der Waals surface area contributed by atoms with E-state index in [-0.39, 0.29) is 30.6 Å². The Kier molecular flexibility index (Phi) is 4.46. The number of nitrogens with zero attached hydrogens (tertiary/aromatic N) is 2. The van der Waals surface area contributed by atoms with E-state index in [9.17, 15) is 23.1 Å². The number of hydrogen-bond acceptors (Lipinski definition) is 4. The third kappa shape index (κ3) is 3.30. The topological polar surface area (TPSA) is 95.0 Å². The van der Waals surface area contributed by atoms with Crippen molar-refractivity contribution in [2.24, 2.45) is 5.41 Å². The van der Waals surface area contributed by atoms with Gasteiger partial charge in [0.15, 0.2) is 9.84 Å². The number of carboxylic acid groups (broad SMARTS) is 1. The molecule has 0 aromatic heterocycles. The van der Waals surface area contributed by atoms with Crippen molar-refractivity contribution in [1.29, 1.82) is 0 Å². The van der Waals surface area contributed by atoms with Crippen LogP contribution in [0.3, 0.4) is 0 Å². The minimum Gasteiger partial charge on any atom is -0.481 e. The molecule has 2 amide bonds. The van der Waals surface area contributed by atoms with Gasteiger partial charge in [-0.3, -0.25) is 4.79 Å². The van der Waals surface area contributed by atoms with E-state index in [1.807, 2.05) is 6.92 Å². The van der Waals surface area contributed by atoms with Crippen LogP contribution in [-0.2, 0) is 14.6 Å². The van der Waals surface area contributed by atoms with Crippen LogP contribution in [0.25, 0.3) is 0 Å². The molecule has 1 atom stereocenters. The maximum atomic E-state index is 12.5. The average Bonchev–Trinajstić information content (AvgIpc) is 2.79. The molecule has 1 N–H and O–H groups in total. The SMILES string of the molecule is CCC1(C(=O)O)CCN(C(=O)N2CCCS(=O)(=O)CC2)C1. The van der Waals surface area contributed by atoms with Crippen molar-refractivity contribution in [3.05, 3.63) is 0 Å². The largest absolute Gasteiger partial charge is 0.481 e. The molecule has 0 spiro atoms. The molecule has 8 heteroatoms. The first-order chi connectivity index (χ1) is 9.80. The molecule has 21 heavy (non-hydrogen) atoms. The van der Waals surface area contributed by atoms with Crippen molar-refractivity contribution in [3.8, 4) is 0 Å². The Hall–Kier alpha value is -1.31. The third-order valence-electron chi connectivity index (χ3n) is 4.58. The van der Waals surface area contributed by atoms with Gasteiger partial charge in [-0.15, -0.1) is 0 Å². The minimum absolute atomic E-state index is 0.00949. The van der Waals surface area contributed by atoms with Crippen LogP contribution >= 0.6 is 0 Å². The van der Waals surface area contributed by atoms with E-state index in [4.69, 9.17) is 0 Å². The third-order valence-corrected chi connectivity index (χ3v) is 6.30. The van der Waals surface area contributed by atoms with E-state index in [1.54, 1.807) is 4.90 Å². The zero-order valence-corrected chi connectivity index (χ0v) is 13.1. The molecule has 0 aliphatic carbocycles. The van der Waals surface area contributed by atoms with Crippen LogP contribution < -0.4 is 0 Å². The summed E-state index contributed by atoms with van der Waals surface area (Å²) < 4.78 is 23.1. The zero-order chi connectivity index (χ0) is 15.7. The Bertz CT molecular complexity index is 533. The molecule has 2 aliphatic heterocycles. The van der Waals surface area contributed by atoms with E-state index in [2.05, 4.69) is 0 Å². The molecular weight excluding hydrogens is 296 g/mol. The molecule has 0 aromatic carbocycles. The normalized spacial score (nSPS) is 29.2. The standard InChI is InChI=1S/C13H22N2O5S/c1-2-13(11(16)17)4-6-15(10-13)12(18)14-5-3-8-21(19,20)9-7-14/h2-10H2,1H3,(H,16,17). The van der Waals surface area contributed by atoms with Crippen molar-refractivity contribution in [1.82, 2.24) is 9.80 Å². The number of aliphatic carboxylic acids is 1. The molecule has 120 valence electrons. The van der Waals surface area contributed by atoms with Crippen molar-refractivity contribution < 1.29 is 23.1 Å². The highest BCUT2D eigenvalue weighted by Gasteiger charge is 2.45. The first-order valence-corrected chi connectivity index (χ1v) is 9.09. The maximum Gasteiger partial charge on any atom is 0.320 e. The second-order valence-electron chi connectivity index (χ2n) is 5.89. The molecule has 2 fully saturated rings. The second-order valence-corrected chi connectivity index (χ2v) is 8.19. The summed E-state index contributed by atoms with van der Waals surface area (Å²) in [6, 6.07) is -0.233. The van der Waals surface area contributed by atoms with Crippen LogP contribution in [0.15, 0.2) is 0 Å². The summed E-state index contributed by atoms with van der Waals surface area (Å²) in [7, 11) is -3.06. The highest BCUT2D eigenvalue weighted by molar-refractivity contribution is 7.91. The summed E-state index contributed by atoms with van der Waals surface area (Å²) in [6.45, 7) is 3.06. The molecule has 0 bridgehead atoms. The highest BCUT2D eigenvalue weighted by atomic mass is 32.2. The Morgan fingerprint density at radius 1 is 1.14 bits per heavy atom. The fraction of sp³-hybridized carbons (Fsp3) is 0.846. The predicted molar refractivity (Wildman–Crippen MR) is 76.8 cm³/mol. The van der Waals surface area contributed by atoms with E-state index in [0.29, 0.717) is 32.4 Å². The van der Waals surface area contributed by atoms with Crippen molar-refractivity contribution in [3.63, 3.8) is 0 Å². The fourth-order valence-corrected chi connectivity index (χ4v) is 4.25. The molecule has 2 aliphatic rings. The molecule has 0 saturated carbocycles. The number of sulfone groups is 1. The fourth-order valence-electron chi connectivity index (χ4n) is 2.98. The van der Waals surface area contributed by atoms with Gasteiger partial charge in [-0.1, -0.05) is 6.92 Å². The van der Waals surface area contributed by atoms with Crippen LogP contribution in [0.5, 0.6) is 0 Å². The molecule has 0 aromatic rings. The molecule has 7 nitrogen and oxygen atoms in total. The molecule has 2 rings (SSSR count). The van der Waals surface area contributed by atoms with Gasteiger partial charge in [-0.25, -0.2) is 13.2 Å². The first-order valence-electron chi connectivity index (χ1n) is 7.27. The lowest BCUT2D eigenvalue weighted by molar-refractivity contribution is -0.148. The molecule has 2 saturated heterocycles. The Morgan fingerprint density at radius 3 is 2.43 bits per heavy atom. The number of carboxylic acids is 1. The van der Waals surface area contributed by atoms with Crippen LogP contribution in [0.4, 0.5) is 4.79 Å². The Morgan fingerprint density at radius 2 is 1.86 bits per heavy atom. The van der Waals surface area contributed by atoms with Crippen LogP contribution in [-0.4, -0.2) is 73.0 Å². The van der Waals surface area contributed by atoms with Gasteiger partial charge in [0.2, 0.25) is 0 Å².